The van der Waals surface area contributed by atoms with E-state index >= 15 is 0 Å². The molecule has 1 amide bonds. The van der Waals surface area contributed by atoms with Crippen LogP contribution in [0.3, 0.4) is 0 Å². The van der Waals surface area contributed by atoms with Gasteiger partial charge < -0.3 is 10.0 Å². The first-order valence-corrected chi connectivity index (χ1v) is 10.4. The zero-order valence-electron chi connectivity index (χ0n) is 14.9. The SMILES string of the molecule is O=C(c1ccc(O)cc1)C1CCN(C(=O)CCSc2ccccc2Cl)CC1. The number of aromatic hydroxyl groups is 1. The summed E-state index contributed by atoms with van der Waals surface area (Å²) >= 11 is 7.72. The number of halogens is 1. The number of phenols is 1. The molecule has 1 N–H and O–H groups in total. The average Bonchev–Trinajstić information content (AvgIpc) is 2.69. The van der Waals surface area contributed by atoms with Gasteiger partial charge in [0, 0.05) is 41.6 Å². The summed E-state index contributed by atoms with van der Waals surface area (Å²) in [7, 11) is 0. The van der Waals surface area contributed by atoms with E-state index in [-0.39, 0.29) is 23.4 Å². The lowest BCUT2D eigenvalue weighted by molar-refractivity contribution is -0.131. The zero-order valence-corrected chi connectivity index (χ0v) is 16.5. The molecule has 4 nitrogen and oxygen atoms in total. The minimum Gasteiger partial charge on any atom is -0.508 e. The Morgan fingerprint density at radius 1 is 1.07 bits per heavy atom. The van der Waals surface area contributed by atoms with Crippen molar-refractivity contribution in [2.75, 3.05) is 18.8 Å². The van der Waals surface area contributed by atoms with E-state index in [9.17, 15) is 14.7 Å². The van der Waals surface area contributed by atoms with Gasteiger partial charge in [-0.15, -0.1) is 11.8 Å². The monoisotopic (exact) mass is 403 g/mol. The highest BCUT2D eigenvalue weighted by molar-refractivity contribution is 7.99. The average molecular weight is 404 g/mol. The summed E-state index contributed by atoms with van der Waals surface area (Å²) in [5.74, 6) is 1.01. The third-order valence-electron chi connectivity index (χ3n) is 4.78. The van der Waals surface area contributed by atoms with Crippen molar-refractivity contribution in [3.05, 3.63) is 59.1 Å². The maximum absolute atomic E-state index is 12.5. The molecule has 0 saturated carbocycles. The van der Waals surface area contributed by atoms with Crippen molar-refractivity contribution < 1.29 is 14.7 Å². The van der Waals surface area contributed by atoms with Crippen LogP contribution in [0.1, 0.15) is 29.6 Å². The van der Waals surface area contributed by atoms with Gasteiger partial charge in [-0.25, -0.2) is 0 Å². The normalized spacial score (nSPS) is 14.9. The molecule has 0 aromatic heterocycles. The molecule has 0 spiro atoms. The number of hydrogen-bond donors (Lipinski definition) is 1. The number of phenolic OH excluding ortho intramolecular Hbond substituents is 1. The minimum atomic E-state index is -0.0592. The second-order valence-electron chi connectivity index (χ2n) is 6.60. The molecular weight excluding hydrogens is 382 g/mol. The van der Waals surface area contributed by atoms with E-state index in [4.69, 9.17) is 11.6 Å². The van der Waals surface area contributed by atoms with Crippen LogP contribution in [0.15, 0.2) is 53.4 Å². The molecule has 6 heteroatoms. The van der Waals surface area contributed by atoms with E-state index in [0.29, 0.717) is 48.7 Å². The van der Waals surface area contributed by atoms with Crippen molar-refractivity contribution in [1.82, 2.24) is 4.90 Å². The maximum Gasteiger partial charge on any atom is 0.223 e. The van der Waals surface area contributed by atoms with E-state index in [1.165, 1.54) is 12.1 Å². The van der Waals surface area contributed by atoms with E-state index in [2.05, 4.69) is 0 Å². The third kappa shape index (κ3) is 5.27. The highest BCUT2D eigenvalue weighted by atomic mass is 35.5. The van der Waals surface area contributed by atoms with Crippen molar-refractivity contribution in [2.45, 2.75) is 24.2 Å². The van der Waals surface area contributed by atoms with E-state index < -0.39 is 0 Å². The maximum atomic E-state index is 12.5. The van der Waals surface area contributed by atoms with Crippen LogP contribution in [0.4, 0.5) is 0 Å². The Balaban J connectivity index is 1.44. The molecule has 0 aliphatic carbocycles. The van der Waals surface area contributed by atoms with Crippen LogP contribution in [-0.2, 0) is 4.79 Å². The van der Waals surface area contributed by atoms with Crippen LogP contribution in [0.2, 0.25) is 5.02 Å². The molecule has 2 aromatic carbocycles. The fourth-order valence-electron chi connectivity index (χ4n) is 3.22. The first-order valence-electron chi connectivity index (χ1n) is 9.03. The molecule has 0 atom stereocenters. The van der Waals surface area contributed by atoms with Crippen molar-refractivity contribution in [1.29, 1.82) is 0 Å². The first-order chi connectivity index (χ1) is 13.0. The predicted molar refractivity (Wildman–Crippen MR) is 109 cm³/mol. The van der Waals surface area contributed by atoms with Crippen LogP contribution in [0, 0.1) is 5.92 Å². The van der Waals surface area contributed by atoms with Gasteiger partial charge in [-0.3, -0.25) is 9.59 Å². The second kappa shape index (κ2) is 9.29. The molecule has 0 unspecified atom stereocenters. The number of likely N-dealkylation sites (tertiary alicyclic amines) is 1. The molecule has 1 aliphatic rings. The van der Waals surface area contributed by atoms with Gasteiger partial charge in [-0.1, -0.05) is 23.7 Å². The summed E-state index contributed by atoms with van der Waals surface area (Å²) in [5.41, 5.74) is 0.619. The number of amides is 1. The molecule has 142 valence electrons. The fourth-order valence-corrected chi connectivity index (χ4v) is 4.40. The van der Waals surface area contributed by atoms with E-state index in [0.717, 1.165) is 4.90 Å². The number of piperidine rings is 1. The number of rotatable bonds is 6. The number of Topliss-reactive ketones (excluding diaryl/α,β-unsaturated/α-hetero) is 1. The highest BCUT2D eigenvalue weighted by Gasteiger charge is 2.27. The summed E-state index contributed by atoms with van der Waals surface area (Å²) < 4.78 is 0. The standard InChI is InChI=1S/C21H22ClNO3S/c22-18-3-1-2-4-19(18)27-14-11-20(25)23-12-9-16(10-13-23)21(26)15-5-7-17(24)8-6-15/h1-8,16,24H,9-14H2. The van der Waals surface area contributed by atoms with Gasteiger partial charge in [0.25, 0.3) is 0 Å². The Morgan fingerprint density at radius 2 is 1.74 bits per heavy atom. The fraction of sp³-hybridized carbons (Fsp3) is 0.333. The van der Waals surface area contributed by atoms with Crippen molar-refractivity contribution in [3.63, 3.8) is 0 Å². The lowest BCUT2D eigenvalue weighted by Gasteiger charge is -2.31. The van der Waals surface area contributed by atoms with Gasteiger partial charge in [-0.05, 0) is 49.2 Å². The zero-order chi connectivity index (χ0) is 19.2. The van der Waals surface area contributed by atoms with E-state index in [1.807, 2.05) is 29.2 Å². The van der Waals surface area contributed by atoms with E-state index in [1.54, 1.807) is 23.9 Å². The molecule has 1 heterocycles. The van der Waals surface area contributed by atoms with Crippen LogP contribution < -0.4 is 0 Å². The Labute approximate surface area is 168 Å². The number of carbonyl (C=O) groups is 2. The number of carbonyl (C=O) groups excluding carboxylic acids is 2. The second-order valence-corrected chi connectivity index (χ2v) is 8.14. The summed E-state index contributed by atoms with van der Waals surface area (Å²) in [6, 6.07) is 14.0. The molecular formula is C21H22ClNO3S. The molecule has 1 aliphatic heterocycles. The lowest BCUT2D eigenvalue weighted by atomic mass is 9.89. The van der Waals surface area contributed by atoms with Gasteiger partial charge in [-0.2, -0.15) is 0 Å². The highest BCUT2D eigenvalue weighted by Crippen LogP contribution is 2.28. The number of nitrogens with zero attached hydrogens (tertiary/aromatic N) is 1. The summed E-state index contributed by atoms with van der Waals surface area (Å²) in [6.07, 6.45) is 1.83. The summed E-state index contributed by atoms with van der Waals surface area (Å²) in [5, 5.41) is 10.1. The van der Waals surface area contributed by atoms with Crippen molar-refractivity contribution >= 4 is 35.1 Å². The van der Waals surface area contributed by atoms with Gasteiger partial charge in [0.05, 0.1) is 5.02 Å². The van der Waals surface area contributed by atoms with Crippen LogP contribution in [-0.4, -0.2) is 40.5 Å². The summed E-state index contributed by atoms with van der Waals surface area (Å²) in [6.45, 7) is 1.23. The smallest absolute Gasteiger partial charge is 0.223 e. The Bertz CT molecular complexity index is 801. The summed E-state index contributed by atoms with van der Waals surface area (Å²) in [4.78, 5) is 27.8. The minimum absolute atomic E-state index is 0.0592. The van der Waals surface area contributed by atoms with Gasteiger partial charge in [0.15, 0.2) is 5.78 Å². The van der Waals surface area contributed by atoms with Crippen LogP contribution in [0.25, 0.3) is 0 Å². The first kappa shape index (κ1) is 19.8. The van der Waals surface area contributed by atoms with Gasteiger partial charge in [0.1, 0.15) is 5.75 Å². The molecule has 1 fully saturated rings. The number of thioether (sulfide) groups is 1. The number of ketones is 1. The van der Waals surface area contributed by atoms with Crippen molar-refractivity contribution in [3.8, 4) is 5.75 Å². The van der Waals surface area contributed by atoms with Crippen LogP contribution in [0.5, 0.6) is 5.75 Å². The predicted octanol–water partition coefficient (Wildman–Crippen LogP) is 4.65. The molecule has 3 rings (SSSR count). The number of benzene rings is 2. The van der Waals surface area contributed by atoms with Crippen molar-refractivity contribution in [2.24, 2.45) is 5.92 Å². The Kier molecular flexibility index (Phi) is 6.80. The molecule has 27 heavy (non-hydrogen) atoms. The van der Waals surface area contributed by atoms with Crippen LogP contribution >= 0.6 is 23.4 Å². The van der Waals surface area contributed by atoms with Gasteiger partial charge in [0.2, 0.25) is 5.91 Å². The quantitative estimate of drug-likeness (QED) is 0.563. The molecule has 1 saturated heterocycles. The third-order valence-corrected chi connectivity index (χ3v) is 6.30. The molecule has 0 radical (unpaired) electrons. The molecule has 0 bridgehead atoms. The lowest BCUT2D eigenvalue weighted by Crippen LogP contribution is -2.40. The molecule has 2 aromatic rings. The largest absolute Gasteiger partial charge is 0.508 e. The topological polar surface area (TPSA) is 57.6 Å². The Morgan fingerprint density at radius 3 is 2.41 bits per heavy atom. The number of hydrogen-bond acceptors (Lipinski definition) is 4. The Hall–Kier alpha value is -1.98. The van der Waals surface area contributed by atoms with Gasteiger partial charge >= 0.3 is 0 Å².